The van der Waals surface area contributed by atoms with Crippen LogP contribution in [0.25, 0.3) is 0 Å². The zero-order chi connectivity index (χ0) is 12.3. The van der Waals surface area contributed by atoms with Crippen molar-refractivity contribution in [2.75, 3.05) is 11.5 Å². The predicted octanol–water partition coefficient (Wildman–Crippen LogP) is 2.30. The molecule has 1 aromatic rings. The molecule has 0 saturated carbocycles. The van der Waals surface area contributed by atoms with Crippen LogP contribution in [0.2, 0.25) is 0 Å². The number of rotatable bonds is 3. The van der Waals surface area contributed by atoms with E-state index in [1.807, 2.05) is 0 Å². The van der Waals surface area contributed by atoms with Gasteiger partial charge < -0.3 is 5.32 Å². The van der Waals surface area contributed by atoms with Gasteiger partial charge in [0.25, 0.3) is 0 Å². The van der Waals surface area contributed by atoms with E-state index in [2.05, 4.69) is 37.4 Å². The van der Waals surface area contributed by atoms with Gasteiger partial charge in [-0.05, 0) is 32.3 Å². The molecule has 94 valence electrons. The Balaban J connectivity index is 1.87. The van der Waals surface area contributed by atoms with E-state index in [4.69, 9.17) is 0 Å². The molecule has 0 atom stereocenters. The van der Waals surface area contributed by atoms with Gasteiger partial charge >= 0.3 is 0 Å². The second-order valence-corrected chi connectivity index (χ2v) is 6.70. The maximum Gasteiger partial charge on any atom is 0.0249 e. The van der Waals surface area contributed by atoms with Crippen LogP contribution >= 0.6 is 0 Å². The summed E-state index contributed by atoms with van der Waals surface area (Å²) in [5.41, 5.74) is 4.01. The maximum absolute atomic E-state index is 11.3. The second kappa shape index (κ2) is 5.78. The molecule has 0 aromatic heterocycles. The summed E-state index contributed by atoms with van der Waals surface area (Å²) < 4.78 is 11.3. The quantitative estimate of drug-likeness (QED) is 0.893. The first-order chi connectivity index (χ1) is 8.13. The van der Waals surface area contributed by atoms with Crippen molar-refractivity contribution in [1.29, 1.82) is 0 Å². The normalized spacial score (nSPS) is 24.8. The van der Waals surface area contributed by atoms with Gasteiger partial charge in [0.1, 0.15) is 0 Å². The highest BCUT2D eigenvalue weighted by atomic mass is 32.2. The summed E-state index contributed by atoms with van der Waals surface area (Å²) in [7, 11) is -0.556. The van der Waals surface area contributed by atoms with Crippen LogP contribution in [0.4, 0.5) is 0 Å². The lowest BCUT2D eigenvalue weighted by molar-refractivity contribution is 0.475. The van der Waals surface area contributed by atoms with E-state index in [1.54, 1.807) is 0 Å². The number of hydrogen-bond donors (Lipinski definition) is 1. The molecule has 1 aliphatic heterocycles. The van der Waals surface area contributed by atoms with E-state index in [1.165, 1.54) is 16.7 Å². The third kappa shape index (κ3) is 3.93. The number of benzene rings is 1. The average molecular weight is 251 g/mol. The standard InChI is InChI=1S/C14H21NOS/c1-11-7-12(2)9-13(8-11)10-15-14-3-5-17(16)6-4-14/h7-9,14-15H,3-6,10H2,1-2H3. The lowest BCUT2D eigenvalue weighted by Gasteiger charge is -2.22. The van der Waals surface area contributed by atoms with Gasteiger partial charge in [0, 0.05) is 34.9 Å². The number of hydrogen-bond acceptors (Lipinski definition) is 2. The minimum Gasteiger partial charge on any atom is -0.310 e. The summed E-state index contributed by atoms with van der Waals surface area (Å²) in [6, 6.07) is 7.23. The smallest absolute Gasteiger partial charge is 0.0249 e. The van der Waals surface area contributed by atoms with Gasteiger partial charge in [-0.3, -0.25) is 4.21 Å². The zero-order valence-corrected chi connectivity index (χ0v) is 11.5. The van der Waals surface area contributed by atoms with Gasteiger partial charge in [-0.1, -0.05) is 29.3 Å². The molecule has 17 heavy (non-hydrogen) atoms. The highest BCUT2D eigenvalue weighted by molar-refractivity contribution is 7.85. The van der Waals surface area contributed by atoms with E-state index in [-0.39, 0.29) is 0 Å². The van der Waals surface area contributed by atoms with Crippen molar-refractivity contribution in [3.63, 3.8) is 0 Å². The van der Waals surface area contributed by atoms with Crippen molar-refractivity contribution in [3.8, 4) is 0 Å². The Bertz CT molecular complexity index is 386. The Morgan fingerprint density at radius 2 is 1.76 bits per heavy atom. The van der Waals surface area contributed by atoms with Gasteiger partial charge in [0.05, 0.1) is 0 Å². The monoisotopic (exact) mass is 251 g/mol. The van der Waals surface area contributed by atoms with Crippen LogP contribution in [0.5, 0.6) is 0 Å². The molecule has 2 nitrogen and oxygen atoms in total. The highest BCUT2D eigenvalue weighted by Gasteiger charge is 2.16. The van der Waals surface area contributed by atoms with Crippen LogP contribution < -0.4 is 5.32 Å². The van der Waals surface area contributed by atoms with Crippen molar-refractivity contribution in [2.24, 2.45) is 0 Å². The molecule has 0 bridgehead atoms. The summed E-state index contributed by atoms with van der Waals surface area (Å²) in [5.74, 6) is 1.73. The molecule has 0 amide bonds. The third-order valence-electron chi connectivity index (χ3n) is 3.26. The Labute approximate surface area is 106 Å². The van der Waals surface area contributed by atoms with Crippen molar-refractivity contribution in [3.05, 3.63) is 34.9 Å². The van der Waals surface area contributed by atoms with Gasteiger partial charge in [0.15, 0.2) is 0 Å². The molecule has 0 unspecified atom stereocenters. The first-order valence-corrected chi connectivity index (χ1v) is 7.78. The summed E-state index contributed by atoms with van der Waals surface area (Å²) >= 11 is 0. The molecule has 1 saturated heterocycles. The van der Waals surface area contributed by atoms with Gasteiger partial charge in [-0.25, -0.2) is 0 Å². The summed E-state index contributed by atoms with van der Waals surface area (Å²) in [4.78, 5) is 0. The van der Waals surface area contributed by atoms with Crippen molar-refractivity contribution >= 4 is 10.8 Å². The number of aryl methyl sites for hydroxylation is 2. The first kappa shape index (κ1) is 12.8. The fraction of sp³-hybridized carbons (Fsp3) is 0.571. The molecule has 1 aromatic carbocycles. The highest BCUT2D eigenvalue weighted by Crippen LogP contribution is 2.12. The molecule has 0 aliphatic carbocycles. The van der Waals surface area contributed by atoms with Crippen molar-refractivity contribution in [1.82, 2.24) is 5.32 Å². The van der Waals surface area contributed by atoms with E-state index in [0.29, 0.717) is 6.04 Å². The Hall–Kier alpha value is -0.670. The topological polar surface area (TPSA) is 29.1 Å². The van der Waals surface area contributed by atoms with Gasteiger partial charge in [-0.2, -0.15) is 0 Å². The van der Waals surface area contributed by atoms with Crippen LogP contribution in [-0.4, -0.2) is 21.8 Å². The predicted molar refractivity (Wildman–Crippen MR) is 73.7 cm³/mol. The zero-order valence-electron chi connectivity index (χ0n) is 10.7. The van der Waals surface area contributed by atoms with Gasteiger partial charge in [-0.15, -0.1) is 0 Å². The molecular weight excluding hydrogens is 230 g/mol. The SMILES string of the molecule is Cc1cc(C)cc(CNC2CCS(=O)CC2)c1. The second-order valence-electron chi connectivity index (χ2n) is 5.00. The minimum absolute atomic E-state index is 0.550. The Morgan fingerprint density at radius 3 is 2.35 bits per heavy atom. The van der Waals surface area contributed by atoms with Crippen LogP contribution in [0.3, 0.4) is 0 Å². The largest absolute Gasteiger partial charge is 0.310 e. The summed E-state index contributed by atoms with van der Waals surface area (Å²) in [5, 5.41) is 3.58. The molecule has 1 aliphatic rings. The number of nitrogens with one attached hydrogen (secondary N) is 1. The fourth-order valence-electron chi connectivity index (χ4n) is 2.43. The Kier molecular flexibility index (Phi) is 4.35. The van der Waals surface area contributed by atoms with E-state index in [0.717, 1.165) is 30.9 Å². The maximum atomic E-state index is 11.3. The van der Waals surface area contributed by atoms with Crippen LogP contribution in [0, 0.1) is 13.8 Å². The molecule has 3 heteroatoms. The van der Waals surface area contributed by atoms with Crippen LogP contribution in [-0.2, 0) is 17.3 Å². The lowest BCUT2D eigenvalue weighted by Crippen LogP contribution is -2.35. The molecule has 1 heterocycles. The van der Waals surface area contributed by atoms with E-state index >= 15 is 0 Å². The fourth-order valence-corrected chi connectivity index (χ4v) is 3.73. The molecular formula is C14H21NOS. The summed E-state index contributed by atoms with van der Waals surface area (Å²) in [6.45, 7) is 5.21. The molecule has 2 rings (SSSR count). The minimum atomic E-state index is -0.556. The van der Waals surface area contributed by atoms with Crippen molar-refractivity contribution in [2.45, 2.75) is 39.3 Å². The third-order valence-corrected chi connectivity index (χ3v) is 4.65. The van der Waals surface area contributed by atoms with Crippen LogP contribution in [0.1, 0.15) is 29.5 Å². The first-order valence-electron chi connectivity index (χ1n) is 6.29. The lowest BCUT2D eigenvalue weighted by atomic mass is 10.1. The molecule has 1 fully saturated rings. The van der Waals surface area contributed by atoms with Crippen LogP contribution in [0.15, 0.2) is 18.2 Å². The molecule has 0 radical (unpaired) electrons. The van der Waals surface area contributed by atoms with Crippen molar-refractivity contribution < 1.29 is 4.21 Å². The molecule has 1 N–H and O–H groups in total. The summed E-state index contributed by atoms with van der Waals surface area (Å²) in [6.07, 6.45) is 2.11. The van der Waals surface area contributed by atoms with Gasteiger partial charge in [0.2, 0.25) is 0 Å². The average Bonchev–Trinajstić information content (AvgIpc) is 2.27. The van der Waals surface area contributed by atoms with E-state index < -0.39 is 10.8 Å². The Morgan fingerprint density at radius 1 is 1.18 bits per heavy atom. The molecule has 0 spiro atoms. The van der Waals surface area contributed by atoms with E-state index in [9.17, 15) is 4.21 Å².